The van der Waals surface area contributed by atoms with Crippen molar-refractivity contribution >= 4 is 18.3 Å². The van der Waals surface area contributed by atoms with E-state index >= 15 is 0 Å². The molecule has 0 aliphatic carbocycles. The number of hydrogen-bond acceptors (Lipinski definition) is 5. The summed E-state index contributed by atoms with van der Waals surface area (Å²) in [6, 6.07) is 3.39. The van der Waals surface area contributed by atoms with Crippen LogP contribution in [0, 0.1) is 0 Å². The van der Waals surface area contributed by atoms with Crippen molar-refractivity contribution in [2.45, 2.75) is 66.1 Å². The second-order valence-electron chi connectivity index (χ2n) is 8.48. The maximum Gasteiger partial charge on any atom is 0.418 e. The molecule has 0 radical (unpaired) electrons. The number of carbonyl (C=O) groups excluding carboxylic acids is 3. The predicted octanol–water partition coefficient (Wildman–Crippen LogP) is 4.60. The highest BCUT2D eigenvalue weighted by Crippen LogP contribution is 2.32. The maximum atomic E-state index is 12.6. The number of aromatic nitrogens is 2. The quantitative estimate of drug-likeness (QED) is 0.611. The van der Waals surface area contributed by atoms with Crippen LogP contribution in [0.2, 0.25) is 0 Å². The van der Waals surface area contributed by atoms with Gasteiger partial charge in [-0.1, -0.05) is 6.92 Å². The molecule has 0 aliphatic rings. The van der Waals surface area contributed by atoms with Crippen LogP contribution in [-0.2, 0) is 15.9 Å². The summed E-state index contributed by atoms with van der Waals surface area (Å²) in [5.41, 5.74) is 0.659. The Morgan fingerprint density at radius 2 is 1.71 bits per heavy atom. The topological polar surface area (TPSA) is 90.4 Å². The molecule has 7 nitrogen and oxygen atoms in total. The monoisotopic (exact) mass is 388 g/mol. The maximum absolute atomic E-state index is 12.6. The number of ether oxygens (including phenoxy) is 2. The normalized spacial score (nSPS) is 12.0. The van der Waals surface area contributed by atoms with Gasteiger partial charge in [0.05, 0.1) is 11.4 Å². The van der Waals surface area contributed by atoms with Crippen molar-refractivity contribution in [2.24, 2.45) is 0 Å². The molecule has 0 amide bonds. The molecular weight excluding hydrogens is 360 g/mol. The molecule has 0 saturated carbocycles. The summed E-state index contributed by atoms with van der Waals surface area (Å²) in [6.45, 7) is 12.5. The van der Waals surface area contributed by atoms with Gasteiger partial charge in [0, 0.05) is 11.8 Å². The van der Waals surface area contributed by atoms with E-state index < -0.39 is 23.3 Å². The molecule has 0 atom stereocenters. The molecule has 28 heavy (non-hydrogen) atoms. The summed E-state index contributed by atoms with van der Waals surface area (Å²) < 4.78 is 12.2. The minimum Gasteiger partial charge on any atom is -0.455 e. The minimum absolute atomic E-state index is 0.209. The first-order valence-corrected chi connectivity index (χ1v) is 9.22. The first-order chi connectivity index (χ1) is 12.9. The van der Waals surface area contributed by atoms with Crippen molar-refractivity contribution in [3.05, 3.63) is 35.3 Å². The molecule has 0 unspecified atom stereocenters. The highest BCUT2D eigenvalue weighted by molar-refractivity contribution is 5.98. The number of aromatic amines is 1. The van der Waals surface area contributed by atoms with E-state index in [1.807, 2.05) is 6.92 Å². The molecule has 0 aromatic carbocycles. The van der Waals surface area contributed by atoms with Crippen molar-refractivity contribution in [3.63, 3.8) is 0 Å². The standard InChI is InChI=1S/C21H28N2O5/c1-8-13-16(14(12-24)22-17(13)18(25)27-20(2,3)4)15-10-9-11-23(15)19(26)28-21(5,6)7/h9-12,22H,8H2,1-7H3. The molecule has 2 aromatic rings. The molecule has 0 aliphatic heterocycles. The van der Waals surface area contributed by atoms with E-state index in [9.17, 15) is 14.4 Å². The third-order valence-electron chi connectivity index (χ3n) is 3.80. The number of esters is 1. The molecule has 7 heteroatoms. The Labute approximate surface area is 165 Å². The van der Waals surface area contributed by atoms with Crippen molar-refractivity contribution in [3.8, 4) is 11.3 Å². The van der Waals surface area contributed by atoms with Gasteiger partial charge in [-0.2, -0.15) is 0 Å². The Morgan fingerprint density at radius 1 is 1.11 bits per heavy atom. The zero-order chi connectivity index (χ0) is 21.3. The lowest BCUT2D eigenvalue weighted by Gasteiger charge is -2.21. The number of hydrogen-bond donors (Lipinski definition) is 1. The van der Waals surface area contributed by atoms with Crippen molar-refractivity contribution in [2.75, 3.05) is 0 Å². The van der Waals surface area contributed by atoms with Gasteiger partial charge < -0.3 is 14.5 Å². The number of H-pyrrole nitrogens is 1. The SMILES string of the molecule is CCc1c(C(=O)OC(C)(C)C)[nH]c(C=O)c1-c1cccn1C(=O)OC(C)(C)C. The predicted molar refractivity (Wildman–Crippen MR) is 106 cm³/mol. The van der Waals surface area contributed by atoms with E-state index in [4.69, 9.17) is 9.47 Å². The van der Waals surface area contributed by atoms with Crippen LogP contribution in [0.3, 0.4) is 0 Å². The van der Waals surface area contributed by atoms with E-state index in [0.29, 0.717) is 29.5 Å². The van der Waals surface area contributed by atoms with Gasteiger partial charge in [-0.3, -0.25) is 9.36 Å². The molecule has 2 rings (SSSR count). The average molecular weight is 388 g/mol. The number of nitrogens with zero attached hydrogens (tertiary/aromatic N) is 1. The molecule has 0 spiro atoms. The van der Waals surface area contributed by atoms with Crippen LogP contribution in [0.5, 0.6) is 0 Å². The number of aldehydes is 1. The Hall–Kier alpha value is -2.83. The second-order valence-corrected chi connectivity index (χ2v) is 8.48. The lowest BCUT2D eigenvalue weighted by molar-refractivity contribution is 0.00622. The summed E-state index contributed by atoms with van der Waals surface area (Å²) >= 11 is 0. The molecule has 2 aromatic heterocycles. The van der Waals surface area contributed by atoms with E-state index in [0.717, 1.165) is 0 Å². The highest BCUT2D eigenvalue weighted by atomic mass is 16.6. The molecule has 0 saturated heterocycles. The lowest BCUT2D eigenvalue weighted by Crippen LogP contribution is -2.27. The van der Waals surface area contributed by atoms with Crippen LogP contribution in [-0.4, -0.2) is 39.1 Å². The first-order valence-electron chi connectivity index (χ1n) is 9.22. The molecule has 0 fully saturated rings. The fraction of sp³-hybridized carbons (Fsp3) is 0.476. The Balaban J connectivity index is 2.59. The van der Waals surface area contributed by atoms with Gasteiger partial charge in [0.2, 0.25) is 0 Å². The van der Waals surface area contributed by atoms with Gasteiger partial charge >= 0.3 is 12.1 Å². The van der Waals surface area contributed by atoms with Crippen molar-refractivity contribution in [1.29, 1.82) is 0 Å². The summed E-state index contributed by atoms with van der Waals surface area (Å²) in [6.07, 6.45) is 2.10. The van der Waals surface area contributed by atoms with Gasteiger partial charge in [-0.05, 0) is 65.7 Å². The van der Waals surface area contributed by atoms with Crippen LogP contribution < -0.4 is 0 Å². The van der Waals surface area contributed by atoms with Crippen LogP contribution in [0.4, 0.5) is 4.79 Å². The number of rotatable bonds is 4. The lowest BCUT2D eigenvalue weighted by atomic mass is 10.0. The van der Waals surface area contributed by atoms with Gasteiger partial charge in [0.1, 0.15) is 16.9 Å². The number of carbonyl (C=O) groups is 3. The van der Waals surface area contributed by atoms with Crippen LogP contribution in [0.1, 0.15) is 75.0 Å². The van der Waals surface area contributed by atoms with Gasteiger partial charge in [0.25, 0.3) is 0 Å². The van der Waals surface area contributed by atoms with Crippen molar-refractivity contribution < 1.29 is 23.9 Å². The Bertz CT molecular complexity index is 891. The van der Waals surface area contributed by atoms with E-state index in [-0.39, 0.29) is 11.4 Å². The number of nitrogens with one attached hydrogen (secondary N) is 1. The third kappa shape index (κ3) is 4.71. The van der Waals surface area contributed by atoms with E-state index in [1.165, 1.54) is 4.57 Å². The fourth-order valence-electron chi connectivity index (χ4n) is 2.85. The summed E-state index contributed by atoms with van der Waals surface area (Å²) in [5.74, 6) is -0.547. The molecular formula is C21H28N2O5. The summed E-state index contributed by atoms with van der Waals surface area (Å²) in [5, 5.41) is 0. The molecule has 1 N–H and O–H groups in total. The van der Waals surface area contributed by atoms with Crippen LogP contribution in [0.15, 0.2) is 18.3 Å². The highest BCUT2D eigenvalue weighted by Gasteiger charge is 2.28. The van der Waals surface area contributed by atoms with E-state index in [1.54, 1.807) is 59.9 Å². The Kier molecular flexibility index (Phi) is 5.87. The second kappa shape index (κ2) is 7.66. The first kappa shape index (κ1) is 21.5. The molecule has 152 valence electrons. The summed E-state index contributed by atoms with van der Waals surface area (Å²) in [4.78, 5) is 39.8. The average Bonchev–Trinajstić information content (AvgIpc) is 3.14. The van der Waals surface area contributed by atoms with Crippen molar-refractivity contribution in [1.82, 2.24) is 9.55 Å². The molecule has 2 heterocycles. The van der Waals surface area contributed by atoms with Gasteiger partial charge in [-0.25, -0.2) is 9.59 Å². The van der Waals surface area contributed by atoms with Crippen LogP contribution >= 0.6 is 0 Å². The molecule has 0 bridgehead atoms. The van der Waals surface area contributed by atoms with Gasteiger partial charge in [0.15, 0.2) is 6.29 Å². The zero-order valence-electron chi connectivity index (χ0n) is 17.5. The summed E-state index contributed by atoms with van der Waals surface area (Å²) in [7, 11) is 0. The minimum atomic E-state index is -0.675. The smallest absolute Gasteiger partial charge is 0.418 e. The van der Waals surface area contributed by atoms with Gasteiger partial charge in [-0.15, -0.1) is 0 Å². The Morgan fingerprint density at radius 3 is 2.21 bits per heavy atom. The van der Waals surface area contributed by atoms with E-state index in [2.05, 4.69) is 4.98 Å². The third-order valence-corrected chi connectivity index (χ3v) is 3.80. The fourth-order valence-corrected chi connectivity index (χ4v) is 2.85. The van der Waals surface area contributed by atoms with Crippen LogP contribution in [0.25, 0.3) is 11.3 Å². The zero-order valence-corrected chi connectivity index (χ0v) is 17.5. The largest absolute Gasteiger partial charge is 0.455 e.